The second-order valence-corrected chi connectivity index (χ2v) is 17.4. The van der Waals surface area contributed by atoms with E-state index in [9.17, 15) is 22.4 Å². The second-order valence-electron chi connectivity index (χ2n) is 17.4. The van der Waals surface area contributed by atoms with Crippen LogP contribution in [0.1, 0.15) is 120 Å². The molecule has 0 heterocycles. The molecule has 0 spiro atoms. The summed E-state index contributed by atoms with van der Waals surface area (Å²) in [6.07, 6.45) is 16.1. The smallest absolute Gasteiger partial charge is 0.314 e. The van der Waals surface area contributed by atoms with E-state index in [2.05, 4.69) is 13.8 Å². The first-order chi connectivity index (χ1) is 29.5. The van der Waals surface area contributed by atoms with Gasteiger partial charge in [0, 0.05) is 30.9 Å². The Morgan fingerprint density at radius 2 is 1.16 bits per heavy atom. The Labute approximate surface area is 361 Å². The van der Waals surface area contributed by atoms with Gasteiger partial charge in [0.2, 0.25) is 0 Å². The third-order valence-corrected chi connectivity index (χ3v) is 12.3. The molecule has 0 bridgehead atoms. The van der Waals surface area contributed by atoms with Gasteiger partial charge in [0.1, 0.15) is 29.0 Å². The zero-order valence-electron chi connectivity index (χ0n) is 36.7. The average molecular weight is 847 g/mol. The van der Waals surface area contributed by atoms with Gasteiger partial charge in [-0.2, -0.15) is 0 Å². The minimum absolute atomic E-state index is 0.0299. The van der Waals surface area contributed by atoms with Crippen LogP contribution in [0.25, 0.3) is 11.1 Å². The van der Waals surface area contributed by atoms with Gasteiger partial charge in [0.05, 0.1) is 19.1 Å². The maximum atomic E-state index is 14.7. The molecular weight excluding hydrogens is 781 g/mol. The molecule has 4 aromatic rings. The fraction of sp³-hybridized carbons (Fsp3) is 0.519. The highest BCUT2D eigenvalue weighted by atomic mass is 19.1. The van der Waals surface area contributed by atoms with Crippen molar-refractivity contribution in [3.8, 4) is 28.4 Å². The van der Waals surface area contributed by atoms with Crippen LogP contribution in [0.15, 0.2) is 72.8 Å². The summed E-state index contributed by atoms with van der Waals surface area (Å²) in [5, 5.41) is 0. The molecular formula is C52H66F4O5. The van der Waals surface area contributed by atoms with Crippen molar-refractivity contribution in [1.29, 1.82) is 0 Å². The molecule has 0 unspecified atom stereocenters. The first kappa shape index (κ1) is 47.7. The van der Waals surface area contributed by atoms with Gasteiger partial charge >= 0.3 is 5.97 Å². The normalized spacial score (nSPS) is 18.8. The second kappa shape index (κ2) is 24.9. The van der Waals surface area contributed by atoms with Crippen LogP contribution >= 0.6 is 0 Å². The number of hydrogen-bond acceptors (Lipinski definition) is 5. The van der Waals surface area contributed by atoms with Crippen LogP contribution in [0.3, 0.4) is 0 Å². The van der Waals surface area contributed by atoms with E-state index in [1.807, 2.05) is 36.4 Å². The number of carbonyl (C=O) groups is 1. The highest BCUT2D eigenvalue weighted by Gasteiger charge is 2.26. The summed E-state index contributed by atoms with van der Waals surface area (Å²) in [5.74, 6) is 1.39. The molecule has 4 aromatic carbocycles. The molecule has 0 radical (unpaired) electrons. The van der Waals surface area contributed by atoms with Crippen molar-refractivity contribution < 1.29 is 41.3 Å². The molecule has 332 valence electrons. The summed E-state index contributed by atoms with van der Waals surface area (Å²) in [7, 11) is 1.69. The van der Waals surface area contributed by atoms with Crippen molar-refractivity contribution in [2.75, 3.05) is 26.9 Å². The van der Waals surface area contributed by atoms with E-state index < -0.39 is 23.3 Å². The highest BCUT2D eigenvalue weighted by Crippen LogP contribution is 2.33. The number of rotatable bonds is 19. The van der Waals surface area contributed by atoms with Gasteiger partial charge in [0.25, 0.3) is 0 Å². The van der Waals surface area contributed by atoms with E-state index >= 15 is 0 Å². The Balaban J connectivity index is 0.000000232. The van der Waals surface area contributed by atoms with Crippen molar-refractivity contribution in [1.82, 2.24) is 0 Å². The fourth-order valence-corrected chi connectivity index (χ4v) is 8.10. The lowest BCUT2D eigenvalue weighted by Gasteiger charge is -2.26. The van der Waals surface area contributed by atoms with Crippen LogP contribution in [-0.4, -0.2) is 32.9 Å². The van der Waals surface area contributed by atoms with Crippen LogP contribution in [0.4, 0.5) is 17.6 Å². The van der Waals surface area contributed by atoms with Crippen LogP contribution in [-0.2, 0) is 22.4 Å². The summed E-state index contributed by atoms with van der Waals surface area (Å²) in [5.41, 5.74) is 2.78. The maximum absolute atomic E-state index is 14.7. The van der Waals surface area contributed by atoms with E-state index in [-0.39, 0.29) is 28.8 Å². The Hall–Kier alpha value is -4.37. The topological polar surface area (TPSA) is 54.0 Å². The molecule has 0 amide bonds. The summed E-state index contributed by atoms with van der Waals surface area (Å²) < 4.78 is 78.3. The third-order valence-electron chi connectivity index (χ3n) is 12.3. The molecule has 0 saturated heterocycles. The quantitative estimate of drug-likeness (QED) is 0.0407. The van der Waals surface area contributed by atoms with E-state index in [0.717, 1.165) is 101 Å². The number of methoxy groups -OCH3 is 1. The standard InChI is InChI=1S/C27H36F2O3.C25H30F2O2/c1-20-7-9-21(10-8-20)19-32-23-13-11-22(12-14-23)24-17-26(29)27(18-25(24)28)31-16-6-4-3-5-15-30-2;1-17-7-11-21(12-8-17)25(28)29-22-13-9-19(10-14-22)5-3-4-6-20-15-23(26)18(2)24(27)16-20/h11-14,17-18,20-21H,3-10,15-16,19H2,1-2H3;9-10,13-17,21H,3-8,11-12H2,1-2H3. The van der Waals surface area contributed by atoms with E-state index in [0.29, 0.717) is 48.3 Å². The predicted molar refractivity (Wildman–Crippen MR) is 235 cm³/mol. The molecule has 61 heavy (non-hydrogen) atoms. The Morgan fingerprint density at radius 3 is 1.79 bits per heavy atom. The van der Waals surface area contributed by atoms with Crippen LogP contribution in [0, 0.1) is 53.9 Å². The first-order valence-electron chi connectivity index (χ1n) is 22.6. The first-order valence-corrected chi connectivity index (χ1v) is 22.6. The minimum Gasteiger partial charge on any atom is -0.493 e. The SMILES string of the molecule is COCCCCCCOc1cc(F)c(-c2ccc(OCC3CCC(C)CC3)cc2)cc1F.Cc1c(F)cc(CCCCc2ccc(OC(=O)C3CCC(C)CC3)cc2)cc1F. The molecule has 2 aliphatic carbocycles. The summed E-state index contributed by atoms with van der Waals surface area (Å²) >= 11 is 0. The third kappa shape index (κ3) is 15.8. The molecule has 2 aliphatic rings. The largest absolute Gasteiger partial charge is 0.493 e. The van der Waals surface area contributed by atoms with Crippen LogP contribution < -0.4 is 14.2 Å². The maximum Gasteiger partial charge on any atom is 0.314 e. The zero-order valence-corrected chi connectivity index (χ0v) is 36.7. The number of ether oxygens (including phenoxy) is 4. The predicted octanol–water partition coefficient (Wildman–Crippen LogP) is 14.0. The number of hydrogen-bond donors (Lipinski definition) is 0. The van der Waals surface area contributed by atoms with E-state index in [4.69, 9.17) is 18.9 Å². The molecule has 0 aromatic heterocycles. The van der Waals surface area contributed by atoms with Crippen molar-refractivity contribution in [3.63, 3.8) is 0 Å². The summed E-state index contributed by atoms with van der Waals surface area (Å²) in [4.78, 5) is 12.3. The number of esters is 1. The van der Waals surface area contributed by atoms with Gasteiger partial charge in [-0.3, -0.25) is 4.79 Å². The molecule has 6 rings (SSSR count). The fourth-order valence-electron chi connectivity index (χ4n) is 8.10. The Kier molecular flexibility index (Phi) is 19.5. The molecule has 0 atom stereocenters. The molecule has 0 N–H and O–H groups in total. The number of aryl methyl sites for hydroxylation is 2. The lowest BCUT2D eigenvalue weighted by Crippen LogP contribution is -2.24. The molecule has 9 heteroatoms. The molecule has 0 aliphatic heterocycles. The summed E-state index contributed by atoms with van der Waals surface area (Å²) in [6, 6.07) is 20.1. The Morgan fingerprint density at radius 1 is 0.590 bits per heavy atom. The number of unbranched alkanes of at least 4 members (excludes halogenated alkanes) is 4. The van der Waals surface area contributed by atoms with Crippen LogP contribution in [0.5, 0.6) is 17.2 Å². The molecule has 2 fully saturated rings. The number of carbonyl (C=O) groups excluding carboxylic acids is 1. The van der Waals surface area contributed by atoms with E-state index in [1.165, 1.54) is 50.8 Å². The van der Waals surface area contributed by atoms with Gasteiger partial charge in [-0.1, -0.05) is 57.4 Å². The van der Waals surface area contributed by atoms with Gasteiger partial charge in [-0.25, -0.2) is 17.6 Å². The van der Waals surface area contributed by atoms with Crippen molar-refractivity contribution in [2.45, 2.75) is 124 Å². The number of halogens is 4. The van der Waals surface area contributed by atoms with Gasteiger partial charge < -0.3 is 18.9 Å². The lowest BCUT2D eigenvalue weighted by atomic mass is 9.83. The van der Waals surface area contributed by atoms with Gasteiger partial charge in [-0.05, 0) is 167 Å². The van der Waals surface area contributed by atoms with E-state index in [1.54, 1.807) is 19.2 Å². The van der Waals surface area contributed by atoms with Crippen molar-refractivity contribution in [3.05, 3.63) is 113 Å². The van der Waals surface area contributed by atoms with Crippen LogP contribution in [0.2, 0.25) is 0 Å². The molecule has 2 saturated carbocycles. The van der Waals surface area contributed by atoms with Gasteiger partial charge in [-0.15, -0.1) is 0 Å². The van der Waals surface area contributed by atoms with Crippen molar-refractivity contribution in [2.24, 2.45) is 23.7 Å². The minimum atomic E-state index is -0.548. The monoisotopic (exact) mass is 846 g/mol. The van der Waals surface area contributed by atoms with Gasteiger partial charge in [0.15, 0.2) is 11.6 Å². The lowest BCUT2D eigenvalue weighted by molar-refractivity contribution is -0.140. The Bertz CT molecular complexity index is 1890. The summed E-state index contributed by atoms with van der Waals surface area (Å²) in [6.45, 7) is 7.82. The molecule has 5 nitrogen and oxygen atoms in total. The zero-order chi connectivity index (χ0) is 43.6. The average Bonchev–Trinajstić information content (AvgIpc) is 3.26. The van der Waals surface area contributed by atoms with Crippen molar-refractivity contribution >= 4 is 5.97 Å². The highest BCUT2D eigenvalue weighted by molar-refractivity contribution is 5.75. The number of benzene rings is 4.